The predicted octanol–water partition coefficient (Wildman–Crippen LogP) is -0.0766. The Morgan fingerprint density at radius 3 is 2.50 bits per heavy atom. The van der Waals surface area contributed by atoms with Crippen LogP contribution in [0.1, 0.15) is 11.7 Å². The first-order valence-electron chi connectivity index (χ1n) is 5.57. The molecule has 0 bridgehead atoms. The number of carbonyl (C=O) groups excluding carboxylic acids is 1. The minimum absolute atomic E-state index is 0.489. The second kappa shape index (κ2) is 5.30. The molecule has 0 radical (unpaired) electrons. The monoisotopic (exact) mass is 250 g/mol. The van der Waals surface area contributed by atoms with Crippen molar-refractivity contribution in [1.29, 1.82) is 0 Å². The van der Waals surface area contributed by atoms with Gasteiger partial charge in [0.2, 0.25) is 0 Å². The number of aliphatic hydroxyl groups is 3. The number of benzene rings is 1. The van der Waals surface area contributed by atoms with E-state index in [1.807, 2.05) is 0 Å². The van der Waals surface area contributed by atoms with Crippen LogP contribution in [0.2, 0.25) is 0 Å². The van der Waals surface area contributed by atoms with Crippen LogP contribution in [0.3, 0.4) is 0 Å². The van der Waals surface area contributed by atoms with Crippen LogP contribution in [-0.2, 0) is 9.53 Å². The van der Waals surface area contributed by atoms with Gasteiger partial charge in [0.05, 0.1) is 0 Å². The third-order valence-corrected chi connectivity index (χ3v) is 2.82. The van der Waals surface area contributed by atoms with Crippen molar-refractivity contribution in [2.75, 3.05) is 0 Å². The van der Waals surface area contributed by atoms with Gasteiger partial charge in [0.25, 0.3) is 0 Å². The molecule has 0 aromatic heterocycles. The maximum atomic E-state index is 11.1. The van der Waals surface area contributed by atoms with Gasteiger partial charge in [-0.15, -0.1) is 0 Å². The van der Waals surface area contributed by atoms with Crippen LogP contribution in [0.5, 0.6) is 0 Å². The molecule has 1 aromatic carbocycles. The van der Waals surface area contributed by atoms with Gasteiger partial charge >= 0.3 is 5.97 Å². The van der Waals surface area contributed by atoms with E-state index in [1.54, 1.807) is 30.3 Å². The highest BCUT2D eigenvalue weighted by Crippen LogP contribution is 2.23. The van der Waals surface area contributed by atoms with Crippen molar-refractivity contribution in [1.82, 2.24) is 0 Å². The number of hydrogen-bond donors (Lipinski definition) is 3. The Balaban J connectivity index is 2.14. The minimum Gasteiger partial charge on any atom is -0.453 e. The fourth-order valence-electron chi connectivity index (χ4n) is 1.83. The highest BCUT2D eigenvalue weighted by atomic mass is 16.6. The average Bonchev–Trinajstić information content (AvgIpc) is 2.41. The van der Waals surface area contributed by atoms with E-state index in [0.717, 1.165) is 6.08 Å². The molecule has 0 unspecified atom stereocenters. The first kappa shape index (κ1) is 12.8. The van der Waals surface area contributed by atoms with E-state index in [1.165, 1.54) is 6.08 Å². The van der Waals surface area contributed by atoms with Crippen LogP contribution in [0.25, 0.3) is 0 Å². The lowest BCUT2D eigenvalue weighted by Gasteiger charge is -2.30. The molecule has 1 heterocycles. The Morgan fingerprint density at radius 1 is 1.17 bits per heavy atom. The van der Waals surface area contributed by atoms with Gasteiger partial charge in [-0.2, -0.15) is 0 Å². The average molecular weight is 250 g/mol. The van der Waals surface area contributed by atoms with Gasteiger partial charge in [0.15, 0.2) is 6.10 Å². The number of hydrogen-bond acceptors (Lipinski definition) is 5. The van der Waals surface area contributed by atoms with Gasteiger partial charge in [0.1, 0.15) is 18.3 Å². The topological polar surface area (TPSA) is 87.0 Å². The molecule has 5 nitrogen and oxygen atoms in total. The largest absolute Gasteiger partial charge is 0.453 e. The van der Waals surface area contributed by atoms with Gasteiger partial charge in [-0.05, 0) is 11.6 Å². The highest BCUT2D eigenvalue weighted by Gasteiger charge is 2.36. The Labute approximate surface area is 104 Å². The summed E-state index contributed by atoms with van der Waals surface area (Å²) >= 11 is 0. The third kappa shape index (κ3) is 2.59. The van der Waals surface area contributed by atoms with Crippen molar-refractivity contribution >= 4 is 5.97 Å². The lowest BCUT2D eigenvalue weighted by molar-refractivity contribution is -0.166. The highest BCUT2D eigenvalue weighted by molar-refractivity contribution is 5.83. The molecule has 1 aliphatic rings. The predicted molar refractivity (Wildman–Crippen MR) is 62.4 cm³/mol. The molecule has 18 heavy (non-hydrogen) atoms. The second-order valence-corrected chi connectivity index (χ2v) is 4.10. The van der Waals surface area contributed by atoms with Crippen molar-refractivity contribution in [2.24, 2.45) is 0 Å². The van der Waals surface area contributed by atoms with Crippen molar-refractivity contribution in [2.45, 2.75) is 24.4 Å². The Bertz CT molecular complexity index is 442. The molecule has 0 spiro atoms. The quantitative estimate of drug-likeness (QED) is 0.653. The van der Waals surface area contributed by atoms with Gasteiger partial charge in [0, 0.05) is 6.08 Å². The van der Waals surface area contributed by atoms with Gasteiger partial charge in [-0.3, -0.25) is 0 Å². The molecule has 0 fully saturated rings. The third-order valence-electron chi connectivity index (χ3n) is 2.82. The fraction of sp³-hybridized carbons (Fsp3) is 0.308. The van der Waals surface area contributed by atoms with Crippen LogP contribution in [0.4, 0.5) is 0 Å². The number of cyclic esters (lactones) is 1. The number of esters is 1. The lowest BCUT2D eigenvalue weighted by Crippen LogP contribution is -2.45. The number of aliphatic hydroxyl groups excluding tert-OH is 3. The summed E-state index contributed by atoms with van der Waals surface area (Å²) in [6.07, 6.45) is -2.60. The van der Waals surface area contributed by atoms with Crippen LogP contribution >= 0.6 is 0 Å². The molecule has 1 aliphatic heterocycles. The molecule has 0 saturated carbocycles. The van der Waals surface area contributed by atoms with E-state index < -0.39 is 30.4 Å². The molecule has 96 valence electrons. The summed E-state index contributed by atoms with van der Waals surface area (Å²) in [7, 11) is 0. The maximum Gasteiger partial charge on any atom is 0.330 e. The van der Waals surface area contributed by atoms with E-state index >= 15 is 0 Å². The normalized spacial score (nSPS) is 26.5. The first-order valence-corrected chi connectivity index (χ1v) is 5.57. The zero-order valence-electron chi connectivity index (χ0n) is 9.51. The molecule has 2 rings (SSSR count). The van der Waals surface area contributed by atoms with E-state index in [0.29, 0.717) is 5.56 Å². The van der Waals surface area contributed by atoms with Crippen molar-refractivity contribution < 1.29 is 24.9 Å². The Morgan fingerprint density at radius 2 is 1.83 bits per heavy atom. The van der Waals surface area contributed by atoms with E-state index in [-0.39, 0.29) is 0 Å². The SMILES string of the molecule is O=C1C=C[C@@H](O)[C@H]([C@@H](O)[C@H](O)c2ccccc2)O1. The molecule has 0 aliphatic carbocycles. The fourth-order valence-corrected chi connectivity index (χ4v) is 1.83. The Kier molecular flexibility index (Phi) is 3.76. The molecule has 1 aromatic rings. The molecular weight excluding hydrogens is 236 g/mol. The molecular formula is C13H14O5. The van der Waals surface area contributed by atoms with Gasteiger partial charge in [-0.1, -0.05) is 30.3 Å². The molecule has 4 atom stereocenters. The van der Waals surface area contributed by atoms with Crippen LogP contribution < -0.4 is 0 Å². The molecule has 0 amide bonds. The maximum absolute atomic E-state index is 11.1. The van der Waals surface area contributed by atoms with E-state index in [2.05, 4.69) is 0 Å². The summed E-state index contributed by atoms with van der Waals surface area (Å²) in [5.41, 5.74) is 0.489. The summed E-state index contributed by atoms with van der Waals surface area (Å²) in [4.78, 5) is 11.1. The number of rotatable bonds is 3. The summed E-state index contributed by atoms with van der Waals surface area (Å²) < 4.78 is 4.82. The number of carbonyl (C=O) groups is 1. The van der Waals surface area contributed by atoms with Crippen LogP contribution in [0.15, 0.2) is 42.5 Å². The second-order valence-electron chi connectivity index (χ2n) is 4.10. The smallest absolute Gasteiger partial charge is 0.330 e. The van der Waals surface area contributed by atoms with Crippen LogP contribution in [-0.4, -0.2) is 39.6 Å². The first-order chi connectivity index (χ1) is 8.59. The zero-order valence-corrected chi connectivity index (χ0v) is 9.51. The molecule has 0 saturated heterocycles. The van der Waals surface area contributed by atoms with Crippen LogP contribution in [0, 0.1) is 0 Å². The lowest BCUT2D eigenvalue weighted by atomic mass is 9.96. The number of ether oxygens (including phenoxy) is 1. The Hall–Kier alpha value is -1.69. The zero-order chi connectivity index (χ0) is 13.1. The van der Waals surface area contributed by atoms with Crippen molar-refractivity contribution in [3.05, 3.63) is 48.0 Å². The summed E-state index contributed by atoms with van der Waals surface area (Å²) in [5.74, 6) is -0.649. The van der Waals surface area contributed by atoms with Gasteiger partial charge < -0.3 is 20.1 Å². The van der Waals surface area contributed by atoms with Crippen molar-refractivity contribution in [3.8, 4) is 0 Å². The molecule has 5 heteroatoms. The molecule has 3 N–H and O–H groups in total. The summed E-state index contributed by atoms with van der Waals surface area (Å²) in [6, 6.07) is 8.49. The standard InChI is InChI=1S/C13H14O5/c14-9-6-7-10(15)18-13(9)12(17)11(16)8-4-2-1-3-5-8/h1-7,9,11-14,16-17H/t9-,11-,12+,13-/m1/s1. The van der Waals surface area contributed by atoms with Gasteiger partial charge in [-0.25, -0.2) is 4.79 Å². The van der Waals surface area contributed by atoms with E-state index in [9.17, 15) is 20.1 Å². The summed E-state index contributed by atoms with van der Waals surface area (Å²) in [6.45, 7) is 0. The summed E-state index contributed by atoms with van der Waals surface area (Å²) in [5, 5.41) is 29.5. The van der Waals surface area contributed by atoms with E-state index in [4.69, 9.17) is 4.74 Å². The van der Waals surface area contributed by atoms with Crippen molar-refractivity contribution in [3.63, 3.8) is 0 Å². The minimum atomic E-state index is -1.39.